The smallest absolute Gasteiger partial charge is 0.245 e. The lowest BCUT2D eigenvalue weighted by molar-refractivity contribution is -0.147. The van der Waals surface area contributed by atoms with Crippen molar-refractivity contribution in [2.75, 3.05) is 46.6 Å². The fraction of sp³-hybridized carbons (Fsp3) is 0.750. The first-order valence-corrected chi connectivity index (χ1v) is 7.96. The number of amides is 2. The predicted molar refractivity (Wildman–Crippen MR) is 82.3 cm³/mol. The summed E-state index contributed by atoms with van der Waals surface area (Å²) < 4.78 is 10.6. The molecule has 2 aliphatic heterocycles. The van der Waals surface area contributed by atoms with Crippen LogP contribution in [0.2, 0.25) is 0 Å². The molecule has 124 valence electrons. The Morgan fingerprint density at radius 3 is 2.95 bits per heavy atom. The molecule has 2 rings (SSSR count). The number of hydrogen-bond donors (Lipinski definition) is 0. The van der Waals surface area contributed by atoms with Gasteiger partial charge in [-0.1, -0.05) is 6.58 Å². The maximum absolute atomic E-state index is 12.8. The third kappa shape index (κ3) is 4.08. The van der Waals surface area contributed by atoms with Crippen LogP contribution < -0.4 is 0 Å². The summed E-state index contributed by atoms with van der Waals surface area (Å²) in [7, 11) is 1.66. The van der Waals surface area contributed by atoms with Crippen LogP contribution in [0.5, 0.6) is 0 Å². The number of nitrogens with zero attached hydrogens (tertiary/aromatic N) is 2. The van der Waals surface area contributed by atoms with Crippen LogP contribution >= 0.6 is 0 Å². The van der Waals surface area contributed by atoms with Crippen molar-refractivity contribution in [1.82, 2.24) is 9.80 Å². The molecule has 0 saturated carbocycles. The molecule has 0 aromatic carbocycles. The monoisotopic (exact) mass is 310 g/mol. The lowest BCUT2D eigenvalue weighted by Crippen LogP contribution is -2.54. The summed E-state index contributed by atoms with van der Waals surface area (Å²) in [6, 6.07) is 0.0756. The first kappa shape index (κ1) is 17.0. The van der Waals surface area contributed by atoms with Gasteiger partial charge in [-0.05, 0) is 25.3 Å². The molecule has 2 aliphatic rings. The largest absolute Gasteiger partial charge is 0.385 e. The first-order chi connectivity index (χ1) is 10.7. The van der Waals surface area contributed by atoms with Gasteiger partial charge >= 0.3 is 0 Å². The number of ether oxygens (including phenoxy) is 2. The molecule has 6 nitrogen and oxygen atoms in total. The molecule has 0 bridgehead atoms. The van der Waals surface area contributed by atoms with E-state index in [9.17, 15) is 9.59 Å². The zero-order valence-corrected chi connectivity index (χ0v) is 13.3. The number of rotatable bonds is 5. The Kier molecular flexibility index (Phi) is 6.39. The highest BCUT2D eigenvalue weighted by molar-refractivity contribution is 5.88. The normalized spacial score (nSPS) is 25.9. The average molecular weight is 310 g/mol. The molecule has 0 radical (unpaired) electrons. The van der Waals surface area contributed by atoms with Crippen molar-refractivity contribution >= 4 is 11.8 Å². The van der Waals surface area contributed by atoms with E-state index in [0.29, 0.717) is 39.5 Å². The maximum atomic E-state index is 12.8. The Morgan fingerprint density at radius 2 is 2.23 bits per heavy atom. The molecular formula is C16H26N2O4. The Bertz CT molecular complexity index is 413. The summed E-state index contributed by atoms with van der Waals surface area (Å²) in [6.07, 6.45) is 3.81. The van der Waals surface area contributed by atoms with Crippen molar-refractivity contribution in [1.29, 1.82) is 0 Å². The number of piperidine rings is 1. The highest BCUT2D eigenvalue weighted by atomic mass is 16.5. The van der Waals surface area contributed by atoms with E-state index in [1.54, 1.807) is 12.0 Å². The molecule has 0 aromatic heterocycles. The minimum absolute atomic E-state index is 0.0756. The summed E-state index contributed by atoms with van der Waals surface area (Å²) in [4.78, 5) is 28.3. The molecule has 2 amide bonds. The molecule has 2 heterocycles. The van der Waals surface area contributed by atoms with Crippen LogP contribution in [0.15, 0.2) is 12.7 Å². The summed E-state index contributed by atoms with van der Waals surface area (Å²) in [5, 5.41) is 0. The predicted octanol–water partition coefficient (Wildman–Crippen LogP) is 0.675. The molecule has 2 saturated heterocycles. The number of hydrogen-bond acceptors (Lipinski definition) is 4. The summed E-state index contributed by atoms with van der Waals surface area (Å²) in [5.74, 6) is -0.0535. The van der Waals surface area contributed by atoms with Crippen LogP contribution in [0.1, 0.15) is 19.3 Å². The fourth-order valence-electron chi connectivity index (χ4n) is 3.18. The molecule has 2 unspecified atom stereocenters. The minimum atomic E-state index is -0.110. The zero-order chi connectivity index (χ0) is 15.9. The Hall–Kier alpha value is -1.40. The second-order valence-electron chi connectivity index (χ2n) is 5.87. The number of morpholine rings is 1. The summed E-state index contributed by atoms with van der Waals surface area (Å²) >= 11 is 0. The number of carbonyl (C=O) groups is 2. The molecule has 2 atom stereocenters. The van der Waals surface area contributed by atoms with Gasteiger partial charge in [0.2, 0.25) is 11.8 Å². The molecular weight excluding hydrogens is 284 g/mol. The highest BCUT2D eigenvalue weighted by Gasteiger charge is 2.34. The van der Waals surface area contributed by atoms with Crippen molar-refractivity contribution in [3.63, 3.8) is 0 Å². The summed E-state index contributed by atoms with van der Waals surface area (Å²) in [6.45, 7) is 7.12. The van der Waals surface area contributed by atoms with Gasteiger partial charge in [0, 0.05) is 33.4 Å². The fourth-order valence-corrected chi connectivity index (χ4v) is 3.18. The van der Waals surface area contributed by atoms with Gasteiger partial charge in [-0.15, -0.1) is 0 Å². The average Bonchev–Trinajstić information content (AvgIpc) is 2.59. The zero-order valence-electron chi connectivity index (χ0n) is 13.3. The van der Waals surface area contributed by atoms with E-state index in [-0.39, 0.29) is 23.8 Å². The van der Waals surface area contributed by atoms with Gasteiger partial charge in [-0.25, -0.2) is 0 Å². The van der Waals surface area contributed by atoms with Crippen molar-refractivity contribution in [2.24, 2.45) is 5.92 Å². The molecule has 0 aliphatic carbocycles. The van der Waals surface area contributed by atoms with Gasteiger partial charge in [-0.2, -0.15) is 0 Å². The number of carbonyl (C=O) groups excluding carboxylic acids is 2. The van der Waals surface area contributed by atoms with E-state index in [1.807, 2.05) is 4.90 Å². The van der Waals surface area contributed by atoms with Gasteiger partial charge in [0.25, 0.3) is 0 Å². The van der Waals surface area contributed by atoms with E-state index in [0.717, 1.165) is 19.3 Å². The molecule has 0 N–H and O–H groups in total. The van der Waals surface area contributed by atoms with Crippen molar-refractivity contribution in [3.05, 3.63) is 12.7 Å². The van der Waals surface area contributed by atoms with E-state index in [2.05, 4.69) is 6.58 Å². The molecule has 0 spiro atoms. The van der Waals surface area contributed by atoms with Crippen LogP contribution in [0, 0.1) is 5.92 Å². The standard InChI is InChI=1S/C16H26N2O4/c1-3-15(19)17-7-4-5-13(11-17)16(20)18-8-10-22-12-14(18)6-9-21-2/h3,13-14H,1,4-12H2,2H3. The molecule has 2 fully saturated rings. The summed E-state index contributed by atoms with van der Waals surface area (Å²) in [5.41, 5.74) is 0. The molecule has 22 heavy (non-hydrogen) atoms. The Labute approximate surface area is 132 Å². The molecule has 0 aromatic rings. The third-order valence-electron chi connectivity index (χ3n) is 4.42. The second-order valence-corrected chi connectivity index (χ2v) is 5.87. The topological polar surface area (TPSA) is 59.1 Å². The lowest BCUT2D eigenvalue weighted by Gasteiger charge is -2.40. The van der Waals surface area contributed by atoms with E-state index < -0.39 is 0 Å². The van der Waals surface area contributed by atoms with Crippen LogP contribution in [0.3, 0.4) is 0 Å². The Balaban J connectivity index is 1.98. The lowest BCUT2D eigenvalue weighted by atomic mass is 9.95. The number of methoxy groups -OCH3 is 1. The highest BCUT2D eigenvalue weighted by Crippen LogP contribution is 2.22. The van der Waals surface area contributed by atoms with Crippen LogP contribution in [-0.4, -0.2) is 74.2 Å². The Morgan fingerprint density at radius 1 is 1.41 bits per heavy atom. The molecule has 6 heteroatoms. The van der Waals surface area contributed by atoms with E-state index >= 15 is 0 Å². The van der Waals surface area contributed by atoms with Gasteiger partial charge in [0.05, 0.1) is 25.2 Å². The van der Waals surface area contributed by atoms with Crippen LogP contribution in [-0.2, 0) is 19.1 Å². The van der Waals surface area contributed by atoms with E-state index in [4.69, 9.17) is 9.47 Å². The van der Waals surface area contributed by atoms with Gasteiger partial charge in [0.15, 0.2) is 0 Å². The maximum Gasteiger partial charge on any atom is 0.245 e. The van der Waals surface area contributed by atoms with Gasteiger partial charge in [0.1, 0.15) is 0 Å². The first-order valence-electron chi connectivity index (χ1n) is 7.96. The van der Waals surface area contributed by atoms with Crippen molar-refractivity contribution in [3.8, 4) is 0 Å². The second kappa shape index (κ2) is 8.29. The van der Waals surface area contributed by atoms with Crippen LogP contribution in [0.4, 0.5) is 0 Å². The quantitative estimate of drug-likeness (QED) is 0.701. The van der Waals surface area contributed by atoms with E-state index in [1.165, 1.54) is 6.08 Å². The number of likely N-dealkylation sites (tertiary alicyclic amines) is 1. The van der Waals surface area contributed by atoms with Gasteiger partial charge in [-0.3, -0.25) is 9.59 Å². The van der Waals surface area contributed by atoms with Crippen molar-refractivity contribution in [2.45, 2.75) is 25.3 Å². The third-order valence-corrected chi connectivity index (χ3v) is 4.42. The SMILES string of the molecule is C=CC(=O)N1CCCC(C(=O)N2CCOCC2CCOC)C1. The van der Waals surface area contributed by atoms with Crippen LogP contribution in [0.25, 0.3) is 0 Å². The van der Waals surface area contributed by atoms with Gasteiger partial charge < -0.3 is 19.3 Å². The minimum Gasteiger partial charge on any atom is -0.385 e. The van der Waals surface area contributed by atoms with Crippen molar-refractivity contribution < 1.29 is 19.1 Å².